The summed E-state index contributed by atoms with van der Waals surface area (Å²) in [6.45, 7) is 0.855. The minimum Gasteiger partial charge on any atom is -0.482 e. The number of nitrogens with zero attached hydrogens (tertiary/aromatic N) is 3. The number of hydrogen-bond donors (Lipinski definition) is 0. The Balaban J connectivity index is 1.59. The highest BCUT2D eigenvalue weighted by molar-refractivity contribution is 6.35. The molecule has 0 radical (unpaired) electrons. The molecule has 6 nitrogen and oxygen atoms in total. The molecule has 1 atom stereocenters. The van der Waals surface area contributed by atoms with Crippen molar-refractivity contribution in [1.82, 2.24) is 14.5 Å². The van der Waals surface area contributed by atoms with Crippen LogP contribution in [-0.2, 0) is 11.8 Å². The topological polar surface area (TPSA) is 64.4 Å². The summed E-state index contributed by atoms with van der Waals surface area (Å²) in [7, 11) is 1.79. The Kier molecular flexibility index (Phi) is 5.84. The van der Waals surface area contributed by atoms with Crippen LogP contribution in [0.5, 0.6) is 5.75 Å². The van der Waals surface area contributed by atoms with Crippen LogP contribution < -0.4 is 4.74 Å². The summed E-state index contributed by atoms with van der Waals surface area (Å²) in [5.41, 5.74) is 0. The maximum absolute atomic E-state index is 12.6. The third-order valence-electron chi connectivity index (χ3n) is 4.43. The monoisotopic (exact) mass is 395 g/mol. The fourth-order valence-corrected chi connectivity index (χ4v) is 3.49. The molecule has 1 aliphatic heterocycles. The molecular weight excluding hydrogens is 377 g/mol. The summed E-state index contributed by atoms with van der Waals surface area (Å²) < 4.78 is 7.21. The number of Topliss-reactive ketones (excluding diaryl/α,β-unsaturated/α-hetero) is 1. The maximum Gasteiger partial charge on any atom is 0.260 e. The first-order chi connectivity index (χ1) is 12.5. The second-order valence-electron chi connectivity index (χ2n) is 6.27. The van der Waals surface area contributed by atoms with Gasteiger partial charge in [0.05, 0.1) is 5.02 Å². The van der Waals surface area contributed by atoms with Crippen LogP contribution in [0.3, 0.4) is 0 Å². The van der Waals surface area contributed by atoms with Crippen molar-refractivity contribution in [2.24, 2.45) is 13.0 Å². The smallest absolute Gasteiger partial charge is 0.260 e. The first kappa shape index (κ1) is 18.7. The van der Waals surface area contributed by atoms with Crippen LogP contribution >= 0.6 is 23.2 Å². The molecule has 1 amide bonds. The van der Waals surface area contributed by atoms with E-state index in [9.17, 15) is 9.59 Å². The van der Waals surface area contributed by atoms with Gasteiger partial charge in [-0.15, -0.1) is 0 Å². The normalized spacial score (nSPS) is 17.2. The second-order valence-corrected chi connectivity index (χ2v) is 7.11. The van der Waals surface area contributed by atoms with Crippen molar-refractivity contribution in [2.45, 2.75) is 12.8 Å². The number of hydrogen-bond acceptors (Lipinski definition) is 4. The fraction of sp³-hybridized carbons (Fsp3) is 0.389. The molecule has 1 aliphatic rings. The number of piperidine rings is 1. The number of aromatic nitrogens is 2. The zero-order valence-electron chi connectivity index (χ0n) is 14.3. The Labute approximate surface area is 161 Å². The number of amides is 1. The third kappa shape index (κ3) is 4.19. The molecule has 0 spiro atoms. The average Bonchev–Trinajstić information content (AvgIpc) is 3.06. The van der Waals surface area contributed by atoms with E-state index in [1.807, 2.05) is 0 Å². The number of aryl methyl sites for hydroxylation is 1. The van der Waals surface area contributed by atoms with E-state index in [0.717, 1.165) is 12.8 Å². The van der Waals surface area contributed by atoms with Gasteiger partial charge in [-0.05, 0) is 31.0 Å². The summed E-state index contributed by atoms with van der Waals surface area (Å²) in [6.07, 6.45) is 4.86. The number of carbonyl (C=O) groups is 2. The number of benzene rings is 1. The van der Waals surface area contributed by atoms with E-state index in [4.69, 9.17) is 27.9 Å². The standard InChI is InChI=1S/C18H19Cl2N3O3/c1-22-8-6-21-18(22)17(25)12-3-2-7-23(10-12)16(24)11-26-15-5-4-13(19)9-14(15)20/h4-6,8-9,12H,2-3,7,10-11H2,1H3/t12-/m0/s1. The number of rotatable bonds is 5. The van der Waals surface area contributed by atoms with Gasteiger partial charge in [0.25, 0.3) is 5.91 Å². The lowest BCUT2D eigenvalue weighted by molar-refractivity contribution is -0.134. The molecule has 26 heavy (non-hydrogen) atoms. The molecule has 1 saturated heterocycles. The lowest BCUT2D eigenvalue weighted by Gasteiger charge is -2.31. The Morgan fingerprint density at radius 2 is 2.15 bits per heavy atom. The summed E-state index contributed by atoms with van der Waals surface area (Å²) in [4.78, 5) is 30.9. The predicted molar refractivity (Wildman–Crippen MR) is 98.8 cm³/mol. The molecule has 1 aromatic carbocycles. The van der Waals surface area contributed by atoms with Gasteiger partial charge in [0.2, 0.25) is 5.78 Å². The molecule has 0 bridgehead atoms. The molecule has 8 heteroatoms. The van der Waals surface area contributed by atoms with E-state index < -0.39 is 0 Å². The molecule has 2 aromatic rings. The van der Waals surface area contributed by atoms with Gasteiger partial charge in [-0.25, -0.2) is 4.98 Å². The quantitative estimate of drug-likeness (QED) is 0.728. The van der Waals surface area contributed by atoms with E-state index in [-0.39, 0.29) is 24.2 Å². The Morgan fingerprint density at radius 3 is 2.85 bits per heavy atom. The van der Waals surface area contributed by atoms with Crippen molar-refractivity contribution in [3.63, 3.8) is 0 Å². The van der Waals surface area contributed by atoms with Crippen molar-refractivity contribution >= 4 is 34.9 Å². The van der Waals surface area contributed by atoms with Gasteiger partial charge >= 0.3 is 0 Å². The van der Waals surface area contributed by atoms with Gasteiger partial charge in [-0.3, -0.25) is 9.59 Å². The highest BCUT2D eigenvalue weighted by atomic mass is 35.5. The summed E-state index contributed by atoms with van der Waals surface area (Å²) in [5.74, 6) is 0.383. The second kappa shape index (κ2) is 8.10. The van der Waals surface area contributed by atoms with Gasteiger partial charge in [0, 0.05) is 43.5 Å². The molecule has 138 valence electrons. The van der Waals surface area contributed by atoms with Crippen LogP contribution in [0.25, 0.3) is 0 Å². The van der Waals surface area contributed by atoms with Gasteiger partial charge < -0.3 is 14.2 Å². The van der Waals surface area contributed by atoms with Gasteiger partial charge in [0.15, 0.2) is 12.4 Å². The third-order valence-corrected chi connectivity index (χ3v) is 4.96. The molecular formula is C18H19Cl2N3O3. The molecule has 2 heterocycles. The summed E-state index contributed by atoms with van der Waals surface area (Å²) >= 11 is 11.9. The van der Waals surface area contributed by atoms with E-state index in [2.05, 4.69) is 4.98 Å². The zero-order chi connectivity index (χ0) is 18.7. The molecule has 3 rings (SSSR count). The average molecular weight is 396 g/mol. The van der Waals surface area contributed by atoms with Crippen LogP contribution in [-0.4, -0.2) is 45.8 Å². The number of ketones is 1. The largest absolute Gasteiger partial charge is 0.482 e. The van der Waals surface area contributed by atoms with Crippen LogP contribution in [0.2, 0.25) is 10.0 Å². The minimum absolute atomic E-state index is 0.0309. The van der Waals surface area contributed by atoms with E-state index >= 15 is 0 Å². The van der Waals surface area contributed by atoms with Crippen molar-refractivity contribution in [1.29, 1.82) is 0 Å². The fourth-order valence-electron chi connectivity index (χ4n) is 3.03. The van der Waals surface area contributed by atoms with Crippen LogP contribution in [0, 0.1) is 5.92 Å². The number of halogens is 2. The van der Waals surface area contributed by atoms with Crippen molar-refractivity contribution in [2.75, 3.05) is 19.7 Å². The van der Waals surface area contributed by atoms with Crippen molar-refractivity contribution in [3.05, 3.63) is 46.5 Å². The van der Waals surface area contributed by atoms with Crippen molar-refractivity contribution < 1.29 is 14.3 Å². The number of ether oxygens (including phenoxy) is 1. The minimum atomic E-state index is -0.243. The first-order valence-electron chi connectivity index (χ1n) is 8.33. The van der Waals surface area contributed by atoms with Gasteiger partial charge in [-0.1, -0.05) is 23.2 Å². The molecule has 0 aliphatic carbocycles. The van der Waals surface area contributed by atoms with Crippen LogP contribution in [0.1, 0.15) is 23.5 Å². The SMILES string of the molecule is Cn1ccnc1C(=O)[C@H]1CCCN(C(=O)COc2ccc(Cl)cc2Cl)C1. The van der Waals surface area contributed by atoms with Crippen LogP contribution in [0.15, 0.2) is 30.6 Å². The molecule has 0 unspecified atom stereocenters. The van der Waals surface area contributed by atoms with E-state index in [0.29, 0.717) is 34.7 Å². The highest BCUT2D eigenvalue weighted by Crippen LogP contribution is 2.27. The number of carbonyl (C=O) groups excluding carboxylic acids is 2. The van der Waals surface area contributed by atoms with E-state index in [1.54, 1.807) is 47.1 Å². The predicted octanol–water partition coefficient (Wildman–Crippen LogP) is 3.23. The van der Waals surface area contributed by atoms with Gasteiger partial charge in [-0.2, -0.15) is 0 Å². The lowest BCUT2D eigenvalue weighted by atomic mass is 9.93. The lowest BCUT2D eigenvalue weighted by Crippen LogP contribution is -2.44. The Hall–Kier alpha value is -2.05. The first-order valence-corrected chi connectivity index (χ1v) is 9.08. The Morgan fingerprint density at radius 1 is 1.35 bits per heavy atom. The summed E-state index contributed by atoms with van der Waals surface area (Å²) in [6, 6.07) is 4.84. The van der Waals surface area contributed by atoms with E-state index in [1.165, 1.54) is 0 Å². The summed E-state index contributed by atoms with van der Waals surface area (Å²) in [5, 5.41) is 0.854. The molecule has 1 aromatic heterocycles. The van der Waals surface area contributed by atoms with Crippen molar-refractivity contribution in [3.8, 4) is 5.75 Å². The number of likely N-dealkylation sites (tertiary alicyclic amines) is 1. The molecule has 1 fully saturated rings. The van der Waals surface area contributed by atoms with Gasteiger partial charge in [0.1, 0.15) is 5.75 Å². The highest BCUT2D eigenvalue weighted by Gasteiger charge is 2.30. The molecule has 0 N–H and O–H groups in total. The maximum atomic E-state index is 12.6. The zero-order valence-corrected chi connectivity index (χ0v) is 15.8. The molecule has 0 saturated carbocycles. The van der Waals surface area contributed by atoms with Crippen LogP contribution in [0.4, 0.5) is 0 Å². The number of imidazole rings is 1. The Bertz CT molecular complexity index is 822.